The van der Waals surface area contributed by atoms with Gasteiger partial charge in [0.1, 0.15) is 11.6 Å². The number of para-hydroxylation sites is 1. The van der Waals surface area contributed by atoms with E-state index in [0.29, 0.717) is 17.9 Å². The predicted molar refractivity (Wildman–Crippen MR) is 125 cm³/mol. The van der Waals surface area contributed by atoms with Crippen LogP contribution in [0.4, 0.5) is 11.5 Å². The second-order valence-corrected chi connectivity index (χ2v) is 7.60. The minimum atomic E-state index is -0.141. The highest BCUT2D eigenvalue weighted by Gasteiger charge is 2.13. The van der Waals surface area contributed by atoms with Crippen LogP contribution < -0.4 is 15.4 Å². The van der Waals surface area contributed by atoms with E-state index in [1.54, 1.807) is 7.11 Å². The van der Waals surface area contributed by atoms with E-state index in [2.05, 4.69) is 42.7 Å². The molecule has 1 heterocycles. The van der Waals surface area contributed by atoms with Crippen molar-refractivity contribution < 1.29 is 9.53 Å². The van der Waals surface area contributed by atoms with Crippen LogP contribution in [0.1, 0.15) is 27.0 Å². The first kappa shape index (κ1) is 20.4. The van der Waals surface area contributed by atoms with Crippen LogP contribution in [0.15, 0.2) is 72.8 Å². The average molecular weight is 412 g/mol. The number of hydrogen-bond acceptors (Lipinski definition) is 4. The zero-order valence-electron chi connectivity index (χ0n) is 17.9. The number of benzene rings is 3. The van der Waals surface area contributed by atoms with Crippen molar-refractivity contribution in [3.63, 3.8) is 0 Å². The monoisotopic (exact) mass is 411 g/mol. The number of fused-ring (bicyclic) bond motifs is 1. The van der Waals surface area contributed by atoms with E-state index in [-0.39, 0.29) is 5.91 Å². The third kappa shape index (κ3) is 4.83. The molecule has 0 saturated carbocycles. The molecule has 0 unspecified atom stereocenters. The molecule has 5 heteroatoms. The lowest BCUT2D eigenvalue weighted by molar-refractivity contribution is 0.0952. The first-order chi connectivity index (χ1) is 15.0. The van der Waals surface area contributed by atoms with Gasteiger partial charge in [-0.3, -0.25) is 4.79 Å². The summed E-state index contributed by atoms with van der Waals surface area (Å²) in [6.07, 6.45) is 0. The van der Waals surface area contributed by atoms with Crippen molar-refractivity contribution >= 4 is 28.3 Å². The maximum Gasteiger partial charge on any atom is 0.252 e. The Morgan fingerprint density at radius 1 is 0.935 bits per heavy atom. The van der Waals surface area contributed by atoms with Gasteiger partial charge in [0.15, 0.2) is 0 Å². The molecule has 0 spiro atoms. The summed E-state index contributed by atoms with van der Waals surface area (Å²) in [4.78, 5) is 17.8. The molecule has 0 aliphatic heterocycles. The Labute approximate surface area is 182 Å². The second-order valence-electron chi connectivity index (χ2n) is 7.60. The van der Waals surface area contributed by atoms with Crippen molar-refractivity contribution in [1.29, 1.82) is 0 Å². The number of carbonyl (C=O) groups excluding carboxylic acids is 1. The van der Waals surface area contributed by atoms with E-state index in [1.807, 2.05) is 54.6 Å². The number of anilines is 2. The van der Waals surface area contributed by atoms with Crippen LogP contribution in [0, 0.1) is 13.8 Å². The molecule has 1 amide bonds. The maximum atomic E-state index is 13.1. The van der Waals surface area contributed by atoms with E-state index in [4.69, 9.17) is 9.72 Å². The number of pyridine rings is 1. The second kappa shape index (κ2) is 8.88. The molecule has 156 valence electrons. The Bertz CT molecular complexity index is 1210. The topological polar surface area (TPSA) is 63.2 Å². The molecule has 5 nitrogen and oxygen atoms in total. The molecule has 4 aromatic rings. The lowest BCUT2D eigenvalue weighted by Crippen LogP contribution is -2.23. The van der Waals surface area contributed by atoms with Crippen LogP contribution in [0.3, 0.4) is 0 Å². The van der Waals surface area contributed by atoms with E-state index >= 15 is 0 Å². The van der Waals surface area contributed by atoms with Gasteiger partial charge in [-0.05, 0) is 66.9 Å². The van der Waals surface area contributed by atoms with Crippen LogP contribution in [0.25, 0.3) is 10.9 Å². The van der Waals surface area contributed by atoms with Crippen molar-refractivity contribution in [3.05, 3.63) is 95.1 Å². The van der Waals surface area contributed by atoms with Crippen molar-refractivity contribution in [2.75, 3.05) is 12.4 Å². The standard InChI is InChI=1S/C26H25N3O2/c1-17-12-18(2)14-20(13-17)28-25-15-23(22-6-4-5-7-24(22)29-25)26(30)27-16-19-8-10-21(31-3)11-9-19/h4-15H,16H2,1-3H3,(H,27,30)(H,28,29). The summed E-state index contributed by atoms with van der Waals surface area (Å²) >= 11 is 0. The number of nitrogens with zero attached hydrogens (tertiary/aromatic N) is 1. The summed E-state index contributed by atoms with van der Waals surface area (Å²) in [5.74, 6) is 1.29. The van der Waals surface area contributed by atoms with Gasteiger partial charge >= 0.3 is 0 Å². The number of ether oxygens (including phenoxy) is 1. The molecule has 31 heavy (non-hydrogen) atoms. The molecule has 2 N–H and O–H groups in total. The molecule has 0 aliphatic rings. The summed E-state index contributed by atoms with van der Waals surface area (Å²) in [6.45, 7) is 4.55. The van der Waals surface area contributed by atoms with Crippen LogP contribution in [0.2, 0.25) is 0 Å². The Hall–Kier alpha value is -3.86. The van der Waals surface area contributed by atoms with Gasteiger partial charge in [0, 0.05) is 17.6 Å². The van der Waals surface area contributed by atoms with Gasteiger partial charge in [0.2, 0.25) is 0 Å². The SMILES string of the molecule is COc1ccc(CNC(=O)c2cc(Nc3cc(C)cc(C)c3)nc3ccccc23)cc1. The van der Waals surface area contributed by atoms with Gasteiger partial charge in [0.05, 0.1) is 18.2 Å². The summed E-state index contributed by atoms with van der Waals surface area (Å²) in [5.41, 5.74) is 5.64. The fourth-order valence-electron chi connectivity index (χ4n) is 3.64. The Balaban J connectivity index is 1.61. The molecule has 1 aromatic heterocycles. The summed E-state index contributed by atoms with van der Waals surface area (Å²) in [5, 5.41) is 7.19. The highest BCUT2D eigenvalue weighted by molar-refractivity contribution is 6.07. The smallest absolute Gasteiger partial charge is 0.252 e. The first-order valence-electron chi connectivity index (χ1n) is 10.2. The minimum absolute atomic E-state index is 0.141. The normalized spacial score (nSPS) is 10.7. The summed E-state index contributed by atoms with van der Waals surface area (Å²) in [6, 6.07) is 23.4. The van der Waals surface area contributed by atoms with Crippen molar-refractivity contribution in [1.82, 2.24) is 10.3 Å². The van der Waals surface area contributed by atoms with Crippen LogP contribution in [-0.2, 0) is 6.54 Å². The fourth-order valence-corrected chi connectivity index (χ4v) is 3.64. The van der Waals surface area contributed by atoms with Gasteiger partial charge in [-0.15, -0.1) is 0 Å². The van der Waals surface area contributed by atoms with E-state index < -0.39 is 0 Å². The third-order valence-electron chi connectivity index (χ3n) is 5.07. The van der Waals surface area contributed by atoms with Gasteiger partial charge in [-0.2, -0.15) is 0 Å². The minimum Gasteiger partial charge on any atom is -0.497 e. The highest BCUT2D eigenvalue weighted by atomic mass is 16.5. The van der Waals surface area contributed by atoms with Crippen molar-refractivity contribution in [2.45, 2.75) is 20.4 Å². The molecule has 0 saturated heterocycles. The van der Waals surface area contributed by atoms with E-state index in [0.717, 1.165) is 27.9 Å². The molecule has 0 fully saturated rings. The molecule has 0 bridgehead atoms. The van der Waals surface area contributed by atoms with Crippen molar-refractivity contribution in [3.8, 4) is 5.75 Å². The van der Waals surface area contributed by atoms with Gasteiger partial charge in [-0.1, -0.05) is 36.4 Å². The number of aryl methyl sites for hydroxylation is 2. The number of carbonyl (C=O) groups is 1. The van der Waals surface area contributed by atoms with Crippen LogP contribution in [0.5, 0.6) is 5.75 Å². The number of hydrogen-bond donors (Lipinski definition) is 2. The largest absolute Gasteiger partial charge is 0.497 e. The number of methoxy groups -OCH3 is 1. The average Bonchev–Trinajstić information content (AvgIpc) is 2.76. The van der Waals surface area contributed by atoms with Gasteiger partial charge < -0.3 is 15.4 Å². The van der Waals surface area contributed by atoms with Crippen LogP contribution in [-0.4, -0.2) is 18.0 Å². The molecule has 0 radical (unpaired) electrons. The molecule has 3 aromatic carbocycles. The number of aromatic nitrogens is 1. The molecule has 0 atom stereocenters. The van der Waals surface area contributed by atoms with Crippen molar-refractivity contribution in [2.24, 2.45) is 0 Å². The quantitative estimate of drug-likeness (QED) is 0.438. The molecular weight excluding hydrogens is 386 g/mol. The molecule has 4 rings (SSSR count). The number of nitrogens with one attached hydrogen (secondary N) is 2. The molecular formula is C26H25N3O2. The predicted octanol–water partition coefficient (Wildman–Crippen LogP) is 5.53. The van der Waals surface area contributed by atoms with E-state index in [1.165, 1.54) is 11.1 Å². The Morgan fingerprint density at radius 2 is 1.65 bits per heavy atom. The summed E-state index contributed by atoms with van der Waals surface area (Å²) in [7, 11) is 1.63. The van der Waals surface area contributed by atoms with E-state index in [9.17, 15) is 4.79 Å². The zero-order valence-corrected chi connectivity index (χ0v) is 17.9. The van der Waals surface area contributed by atoms with Crippen LogP contribution >= 0.6 is 0 Å². The Morgan fingerprint density at radius 3 is 2.35 bits per heavy atom. The lowest BCUT2D eigenvalue weighted by atomic mass is 10.1. The number of amides is 1. The lowest BCUT2D eigenvalue weighted by Gasteiger charge is -2.13. The highest BCUT2D eigenvalue weighted by Crippen LogP contribution is 2.24. The maximum absolute atomic E-state index is 13.1. The summed E-state index contributed by atoms with van der Waals surface area (Å²) < 4.78 is 5.19. The van der Waals surface area contributed by atoms with Gasteiger partial charge in [0.25, 0.3) is 5.91 Å². The Kier molecular flexibility index (Phi) is 5.85. The third-order valence-corrected chi connectivity index (χ3v) is 5.07. The first-order valence-corrected chi connectivity index (χ1v) is 10.2. The zero-order chi connectivity index (χ0) is 21.8. The van der Waals surface area contributed by atoms with Gasteiger partial charge in [-0.25, -0.2) is 4.98 Å². The fraction of sp³-hybridized carbons (Fsp3) is 0.154. The molecule has 0 aliphatic carbocycles. The number of rotatable bonds is 6.